The second kappa shape index (κ2) is 9.54. The van der Waals surface area contributed by atoms with Gasteiger partial charge in [0.15, 0.2) is 0 Å². The number of likely N-dealkylation sites (N-methyl/N-ethyl adjacent to an activating group) is 1. The first-order chi connectivity index (χ1) is 12.9. The van der Waals surface area contributed by atoms with Gasteiger partial charge in [0.25, 0.3) is 0 Å². The number of carboxylic acid groups (broad SMARTS) is 2. The van der Waals surface area contributed by atoms with Crippen LogP contribution >= 0.6 is 0 Å². The van der Waals surface area contributed by atoms with E-state index in [2.05, 4.69) is 78.4 Å². The molecule has 1 aliphatic rings. The second-order valence-corrected chi connectivity index (χ2v) is 6.43. The number of carbonyl (C=O) groups is 2. The van der Waals surface area contributed by atoms with Gasteiger partial charge in [0.05, 0.1) is 12.7 Å². The van der Waals surface area contributed by atoms with E-state index in [1.807, 2.05) is 0 Å². The molecule has 0 aliphatic carbocycles. The Hall–Kier alpha value is -3.12. The van der Waals surface area contributed by atoms with Crippen molar-refractivity contribution in [3.63, 3.8) is 0 Å². The molecule has 6 nitrogen and oxygen atoms in total. The lowest BCUT2D eigenvalue weighted by Gasteiger charge is -2.26. The Morgan fingerprint density at radius 1 is 1.00 bits per heavy atom. The van der Waals surface area contributed by atoms with Crippen molar-refractivity contribution in [3.05, 3.63) is 77.9 Å². The van der Waals surface area contributed by atoms with E-state index in [0.29, 0.717) is 18.2 Å². The van der Waals surface area contributed by atoms with Gasteiger partial charge < -0.3 is 15.1 Å². The molecule has 0 saturated carbocycles. The van der Waals surface area contributed by atoms with Crippen LogP contribution in [-0.2, 0) is 9.59 Å². The Labute approximate surface area is 159 Å². The second-order valence-electron chi connectivity index (χ2n) is 6.43. The smallest absolute Gasteiger partial charge is 0.328 e. The van der Waals surface area contributed by atoms with E-state index in [9.17, 15) is 9.59 Å². The molecule has 2 N–H and O–H groups in total. The average Bonchev–Trinajstić information content (AvgIpc) is 3.03. The summed E-state index contributed by atoms with van der Waals surface area (Å²) in [5, 5.41) is 15.6. The lowest BCUT2D eigenvalue weighted by atomic mass is 10.1. The summed E-state index contributed by atoms with van der Waals surface area (Å²) in [7, 11) is 2.19. The number of anilines is 1. The third-order valence-electron chi connectivity index (χ3n) is 4.14. The van der Waals surface area contributed by atoms with Crippen LogP contribution in [0.3, 0.4) is 0 Å². The molecule has 0 spiro atoms. The molecule has 1 atom stereocenters. The van der Waals surface area contributed by atoms with Crippen LogP contribution in [0.2, 0.25) is 0 Å². The van der Waals surface area contributed by atoms with E-state index in [0.717, 1.165) is 13.2 Å². The van der Waals surface area contributed by atoms with Crippen LogP contribution in [0, 0.1) is 6.92 Å². The van der Waals surface area contributed by atoms with Crippen LogP contribution in [0.5, 0.6) is 0 Å². The summed E-state index contributed by atoms with van der Waals surface area (Å²) in [4.78, 5) is 24.0. The predicted octanol–water partition coefficient (Wildman–Crippen LogP) is 3.16. The fourth-order valence-electron chi connectivity index (χ4n) is 2.98. The molecule has 3 rings (SSSR count). The first kappa shape index (κ1) is 20.2. The summed E-state index contributed by atoms with van der Waals surface area (Å²) in [6, 6.07) is 20.0. The molecular formula is C21H24N2O4. The van der Waals surface area contributed by atoms with Crippen molar-refractivity contribution in [2.75, 3.05) is 25.2 Å². The van der Waals surface area contributed by atoms with Gasteiger partial charge >= 0.3 is 11.9 Å². The molecule has 6 heteroatoms. The molecule has 2 aromatic rings. The molecule has 0 radical (unpaired) electrons. The van der Waals surface area contributed by atoms with E-state index in [4.69, 9.17) is 10.2 Å². The first-order valence-electron chi connectivity index (χ1n) is 8.57. The van der Waals surface area contributed by atoms with Crippen molar-refractivity contribution >= 4 is 17.6 Å². The molecule has 1 fully saturated rings. The van der Waals surface area contributed by atoms with Gasteiger partial charge in [0, 0.05) is 24.4 Å². The molecule has 1 unspecified atom stereocenters. The fraction of sp³-hybridized carbons (Fsp3) is 0.238. The zero-order valence-electron chi connectivity index (χ0n) is 15.4. The molecule has 142 valence electrons. The van der Waals surface area contributed by atoms with Crippen LogP contribution in [0.15, 0.2) is 66.7 Å². The predicted molar refractivity (Wildman–Crippen MR) is 105 cm³/mol. The van der Waals surface area contributed by atoms with Crippen LogP contribution in [0.4, 0.5) is 5.69 Å². The van der Waals surface area contributed by atoms with Crippen molar-refractivity contribution in [1.82, 2.24) is 4.90 Å². The van der Waals surface area contributed by atoms with Crippen molar-refractivity contribution in [2.45, 2.75) is 13.0 Å². The minimum absolute atomic E-state index is 0.452. The highest BCUT2D eigenvalue weighted by Gasteiger charge is 2.29. The van der Waals surface area contributed by atoms with Gasteiger partial charge in [-0.2, -0.15) is 0 Å². The van der Waals surface area contributed by atoms with Crippen LogP contribution in [-0.4, -0.2) is 47.3 Å². The summed E-state index contributed by atoms with van der Waals surface area (Å²) in [6.07, 6.45) is 1.12. The van der Waals surface area contributed by atoms with Gasteiger partial charge in [0.2, 0.25) is 0 Å². The van der Waals surface area contributed by atoms with Gasteiger partial charge in [-0.05, 0) is 37.2 Å². The summed E-state index contributed by atoms with van der Waals surface area (Å²) >= 11 is 0. The van der Waals surface area contributed by atoms with E-state index in [1.54, 1.807) is 0 Å². The fourth-order valence-corrected chi connectivity index (χ4v) is 2.98. The topological polar surface area (TPSA) is 81.1 Å². The number of aliphatic carboxylic acids is 2. The number of nitrogens with zero attached hydrogens (tertiary/aromatic N) is 2. The normalized spacial score (nSPS) is 16.8. The molecular weight excluding hydrogens is 344 g/mol. The highest BCUT2D eigenvalue weighted by Crippen LogP contribution is 2.32. The molecule has 27 heavy (non-hydrogen) atoms. The summed E-state index contributed by atoms with van der Waals surface area (Å²) in [6.45, 7) is 4.22. The molecule has 0 bridgehead atoms. The zero-order valence-corrected chi connectivity index (χ0v) is 15.4. The molecule has 1 aliphatic heterocycles. The number of benzene rings is 2. The average molecular weight is 368 g/mol. The van der Waals surface area contributed by atoms with E-state index >= 15 is 0 Å². The van der Waals surface area contributed by atoms with Crippen LogP contribution in [0.25, 0.3) is 0 Å². The summed E-state index contributed by atoms with van der Waals surface area (Å²) < 4.78 is 0. The van der Waals surface area contributed by atoms with Crippen molar-refractivity contribution in [1.29, 1.82) is 0 Å². The van der Waals surface area contributed by atoms with E-state index < -0.39 is 11.9 Å². The molecule has 1 heterocycles. The minimum atomic E-state index is -1.26. The van der Waals surface area contributed by atoms with Crippen molar-refractivity contribution in [3.8, 4) is 0 Å². The highest BCUT2D eigenvalue weighted by molar-refractivity contribution is 5.89. The quantitative estimate of drug-likeness (QED) is 0.807. The van der Waals surface area contributed by atoms with E-state index in [-0.39, 0.29) is 0 Å². The lowest BCUT2D eigenvalue weighted by molar-refractivity contribution is -0.134. The number of rotatable bonds is 4. The monoisotopic (exact) mass is 368 g/mol. The Balaban J connectivity index is 0.000000279. The van der Waals surface area contributed by atoms with Gasteiger partial charge in [-0.1, -0.05) is 42.5 Å². The Bertz CT molecular complexity index is 789. The molecule has 1 saturated heterocycles. The SMILES string of the molecule is Cc1cccc(N2CN(C)CC2c2ccccc2)c1.O=C(O)/C=C/C(=O)O. The number of aryl methyl sites for hydroxylation is 1. The first-order valence-corrected chi connectivity index (χ1v) is 8.57. The third-order valence-corrected chi connectivity index (χ3v) is 4.14. The van der Waals surface area contributed by atoms with Gasteiger partial charge in [-0.3, -0.25) is 4.90 Å². The molecule has 0 aromatic heterocycles. The standard InChI is InChI=1S/C17H20N2.C4H4O4/c1-14-7-6-10-16(11-14)19-13-18(2)12-17(19)15-8-4-3-5-9-15;5-3(6)1-2-4(7)8/h3-11,17H,12-13H2,1-2H3;1-2H,(H,5,6)(H,7,8)/b;2-1+. The number of hydrogen-bond acceptors (Lipinski definition) is 4. The minimum Gasteiger partial charge on any atom is -0.478 e. The van der Waals surface area contributed by atoms with Crippen LogP contribution in [0.1, 0.15) is 17.2 Å². The maximum atomic E-state index is 9.55. The summed E-state index contributed by atoms with van der Waals surface area (Å²) in [5.41, 5.74) is 4.03. The zero-order chi connectivity index (χ0) is 19.8. The molecule has 0 amide bonds. The Kier molecular flexibility index (Phi) is 7.14. The Morgan fingerprint density at radius 2 is 1.63 bits per heavy atom. The van der Waals surface area contributed by atoms with Crippen LogP contribution < -0.4 is 4.90 Å². The highest BCUT2D eigenvalue weighted by atomic mass is 16.4. The third kappa shape index (κ3) is 6.27. The molecule has 2 aromatic carbocycles. The van der Waals surface area contributed by atoms with E-state index in [1.165, 1.54) is 16.8 Å². The van der Waals surface area contributed by atoms with Crippen molar-refractivity contribution < 1.29 is 19.8 Å². The largest absolute Gasteiger partial charge is 0.478 e. The number of carboxylic acids is 2. The van der Waals surface area contributed by atoms with Crippen molar-refractivity contribution in [2.24, 2.45) is 0 Å². The van der Waals surface area contributed by atoms with Gasteiger partial charge in [-0.15, -0.1) is 0 Å². The van der Waals surface area contributed by atoms with Gasteiger partial charge in [-0.25, -0.2) is 9.59 Å². The van der Waals surface area contributed by atoms with Gasteiger partial charge in [0.1, 0.15) is 0 Å². The summed E-state index contributed by atoms with van der Waals surface area (Å²) in [5.74, 6) is -2.51. The maximum Gasteiger partial charge on any atom is 0.328 e. The number of hydrogen-bond donors (Lipinski definition) is 2. The Morgan fingerprint density at radius 3 is 2.19 bits per heavy atom. The lowest BCUT2D eigenvalue weighted by Crippen LogP contribution is -2.24. The maximum absolute atomic E-state index is 9.55.